The Bertz CT molecular complexity index is 1270. The van der Waals surface area contributed by atoms with Gasteiger partial charge in [-0.1, -0.05) is 18.2 Å². The van der Waals surface area contributed by atoms with Crippen molar-refractivity contribution in [2.24, 2.45) is 0 Å². The fourth-order valence-corrected chi connectivity index (χ4v) is 5.09. The van der Waals surface area contributed by atoms with Crippen LogP contribution in [0, 0.1) is 0 Å². The maximum absolute atomic E-state index is 4.93. The number of hydrogen-bond acceptors (Lipinski definition) is 6. The molecular formula is C22H21N5S2. The molecule has 146 valence electrons. The van der Waals surface area contributed by atoms with Crippen molar-refractivity contribution in [3.8, 4) is 11.4 Å². The first-order valence-corrected chi connectivity index (χ1v) is 11.5. The SMILES string of the molecule is CC(C)n1cnc2c(NCCc3ccsc3)nc(-c3csc4ccccc34)nc21. The number of rotatable bonds is 6. The lowest BCUT2D eigenvalue weighted by Gasteiger charge is -2.11. The number of hydrogen-bond donors (Lipinski definition) is 1. The van der Waals surface area contributed by atoms with Crippen LogP contribution in [0.5, 0.6) is 0 Å². The summed E-state index contributed by atoms with van der Waals surface area (Å²) in [7, 11) is 0. The summed E-state index contributed by atoms with van der Waals surface area (Å²) in [6.45, 7) is 5.10. The zero-order chi connectivity index (χ0) is 19.8. The number of aromatic nitrogens is 4. The Balaban J connectivity index is 1.59. The van der Waals surface area contributed by atoms with E-state index < -0.39 is 0 Å². The third kappa shape index (κ3) is 3.41. The molecule has 29 heavy (non-hydrogen) atoms. The van der Waals surface area contributed by atoms with Crippen molar-refractivity contribution in [2.45, 2.75) is 26.3 Å². The van der Waals surface area contributed by atoms with Crippen LogP contribution in [0.25, 0.3) is 32.6 Å². The van der Waals surface area contributed by atoms with E-state index in [1.165, 1.54) is 15.6 Å². The predicted molar refractivity (Wildman–Crippen MR) is 123 cm³/mol. The highest BCUT2D eigenvalue weighted by molar-refractivity contribution is 7.17. The van der Waals surface area contributed by atoms with Gasteiger partial charge in [0.15, 0.2) is 17.3 Å². The third-order valence-electron chi connectivity index (χ3n) is 4.99. The second-order valence-corrected chi connectivity index (χ2v) is 8.96. The first kappa shape index (κ1) is 18.3. The van der Waals surface area contributed by atoms with E-state index in [0.717, 1.165) is 41.3 Å². The summed E-state index contributed by atoms with van der Waals surface area (Å²) >= 11 is 3.46. The molecular weight excluding hydrogens is 398 g/mol. The zero-order valence-corrected chi connectivity index (χ0v) is 17.9. The molecule has 0 amide bonds. The summed E-state index contributed by atoms with van der Waals surface area (Å²) in [5.41, 5.74) is 4.11. The Morgan fingerprint density at radius 2 is 2.00 bits per heavy atom. The molecule has 5 nitrogen and oxygen atoms in total. The van der Waals surface area contributed by atoms with Gasteiger partial charge in [0.05, 0.1) is 6.33 Å². The number of thiophene rings is 2. The van der Waals surface area contributed by atoms with E-state index in [2.05, 4.69) is 75.2 Å². The molecule has 0 atom stereocenters. The van der Waals surface area contributed by atoms with Crippen molar-refractivity contribution in [1.29, 1.82) is 0 Å². The van der Waals surface area contributed by atoms with Gasteiger partial charge in [-0.3, -0.25) is 0 Å². The van der Waals surface area contributed by atoms with Crippen molar-refractivity contribution < 1.29 is 0 Å². The summed E-state index contributed by atoms with van der Waals surface area (Å²) in [6, 6.07) is 10.9. The molecule has 0 fully saturated rings. The smallest absolute Gasteiger partial charge is 0.166 e. The van der Waals surface area contributed by atoms with Crippen LogP contribution >= 0.6 is 22.7 Å². The first-order chi connectivity index (χ1) is 14.2. The number of nitrogens with one attached hydrogen (secondary N) is 1. The Morgan fingerprint density at radius 3 is 2.83 bits per heavy atom. The molecule has 7 heteroatoms. The summed E-state index contributed by atoms with van der Waals surface area (Å²) in [6.07, 6.45) is 2.82. The van der Waals surface area contributed by atoms with E-state index >= 15 is 0 Å². The molecule has 0 spiro atoms. The molecule has 1 N–H and O–H groups in total. The Hall–Kier alpha value is -2.77. The van der Waals surface area contributed by atoms with Crippen LogP contribution in [0.4, 0.5) is 5.82 Å². The van der Waals surface area contributed by atoms with Crippen molar-refractivity contribution in [2.75, 3.05) is 11.9 Å². The number of anilines is 1. The fourth-order valence-electron chi connectivity index (χ4n) is 3.45. The van der Waals surface area contributed by atoms with E-state index in [1.807, 2.05) is 6.33 Å². The van der Waals surface area contributed by atoms with E-state index in [1.54, 1.807) is 22.7 Å². The molecule has 5 rings (SSSR count). The lowest BCUT2D eigenvalue weighted by Crippen LogP contribution is -2.08. The Kier molecular flexibility index (Phi) is 4.77. The van der Waals surface area contributed by atoms with Gasteiger partial charge in [-0.15, -0.1) is 11.3 Å². The summed E-state index contributed by atoms with van der Waals surface area (Å²) in [4.78, 5) is 14.4. The van der Waals surface area contributed by atoms with Gasteiger partial charge in [0, 0.05) is 33.6 Å². The minimum absolute atomic E-state index is 0.278. The number of fused-ring (bicyclic) bond motifs is 2. The van der Waals surface area contributed by atoms with E-state index in [9.17, 15) is 0 Å². The molecule has 4 heterocycles. The molecule has 0 aliphatic heterocycles. The molecule has 0 saturated heterocycles. The summed E-state index contributed by atoms with van der Waals surface area (Å²) in [5, 5.41) is 11.2. The van der Waals surface area contributed by atoms with E-state index in [0.29, 0.717) is 0 Å². The largest absolute Gasteiger partial charge is 0.368 e. The monoisotopic (exact) mass is 419 g/mol. The molecule has 0 aliphatic carbocycles. The van der Waals surface area contributed by atoms with Crippen LogP contribution in [-0.2, 0) is 6.42 Å². The van der Waals surface area contributed by atoms with Gasteiger partial charge in [0.25, 0.3) is 0 Å². The van der Waals surface area contributed by atoms with Crippen LogP contribution in [0.3, 0.4) is 0 Å². The molecule has 5 aromatic rings. The van der Waals surface area contributed by atoms with Crippen LogP contribution in [0.15, 0.2) is 52.8 Å². The minimum Gasteiger partial charge on any atom is -0.368 e. The van der Waals surface area contributed by atoms with Crippen LogP contribution in [0.2, 0.25) is 0 Å². The average molecular weight is 420 g/mol. The second kappa shape index (κ2) is 7.57. The lowest BCUT2D eigenvalue weighted by atomic mass is 10.1. The third-order valence-corrected chi connectivity index (χ3v) is 6.68. The average Bonchev–Trinajstić information content (AvgIpc) is 3.46. The number of nitrogens with zero attached hydrogens (tertiary/aromatic N) is 4. The molecule has 0 unspecified atom stereocenters. The normalized spacial score (nSPS) is 11.7. The highest BCUT2D eigenvalue weighted by Gasteiger charge is 2.17. The van der Waals surface area contributed by atoms with Crippen molar-refractivity contribution in [1.82, 2.24) is 19.5 Å². The van der Waals surface area contributed by atoms with Gasteiger partial charge in [-0.2, -0.15) is 11.3 Å². The van der Waals surface area contributed by atoms with E-state index in [4.69, 9.17) is 9.97 Å². The van der Waals surface area contributed by atoms with Gasteiger partial charge >= 0.3 is 0 Å². The summed E-state index contributed by atoms with van der Waals surface area (Å²) in [5.74, 6) is 1.55. The van der Waals surface area contributed by atoms with Gasteiger partial charge in [-0.25, -0.2) is 15.0 Å². The maximum Gasteiger partial charge on any atom is 0.166 e. The number of benzene rings is 1. The minimum atomic E-state index is 0.278. The van der Waals surface area contributed by atoms with Crippen LogP contribution < -0.4 is 5.32 Å². The van der Waals surface area contributed by atoms with Crippen LogP contribution in [-0.4, -0.2) is 26.1 Å². The fraction of sp³-hybridized carbons (Fsp3) is 0.227. The van der Waals surface area contributed by atoms with Gasteiger partial charge in [0.1, 0.15) is 5.52 Å². The maximum atomic E-state index is 4.93. The predicted octanol–water partition coefficient (Wildman–Crippen LogP) is 6.01. The first-order valence-electron chi connectivity index (χ1n) is 9.67. The molecule has 0 radical (unpaired) electrons. The van der Waals surface area contributed by atoms with Crippen molar-refractivity contribution >= 4 is 49.7 Å². The molecule has 0 saturated carbocycles. The van der Waals surface area contributed by atoms with Crippen molar-refractivity contribution in [3.63, 3.8) is 0 Å². The molecule has 4 aromatic heterocycles. The van der Waals surface area contributed by atoms with Gasteiger partial charge in [-0.05, 0) is 48.7 Å². The lowest BCUT2D eigenvalue weighted by molar-refractivity contribution is 0.613. The Labute approximate surface area is 177 Å². The molecule has 0 bridgehead atoms. The Morgan fingerprint density at radius 1 is 1.10 bits per heavy atom. The topological polar surface area (TPSA) is 55.6 Å². The van der Waals surface area contributed by atoms with Crippen LogP contribution in [0.1, 0.15) is 25.5 Å². The standard InChI is InChI=1S/C22H21N5S2/c1-14(2)27-13-24-19-21(23-9-7-15-8-10-28-11-15)25-20(26-22(19)27)17-12-29-18-6-4-3-5-16(17)18/h3-6,8,10-14H,7,9H2,1-2H3,(H,23,25,26). The van der Waals surface area contributed by atoms with Crippen molar-refractivity contribution in [3.05, 3.63) is 58.4 Å². The van der Waals surface area contributed by atoms with Gasteiger partial charge in [0.2, 0.25) is 0 Å². The molecule has 1 aromatic carbocycles. The highest BCUT2D eigenvalue weighted by atomic mass is 32.1. The van der Waals surface area contributed by atoms with Gasteiger partial charge < -0.3 is 9.88 Å². The molecule has 0 aliphatic rings. The number of imidazole rings is 1. The highest BCUT2D eigenvalue weighted by Crippen LogP contribution is 2.34. The zero-order valence-electron chi connectivity index (χ0n) is 16.3. The van der Waals surface area contributed by atoms with E-state index in [-0.39, 0.29) is 6.04 Å². The quantitative estimate of drug-likeness (QED) is 0.366. The second-order valence-electron chi connectivity index (χ2n) is 7.27. The summed E-state index contributed by atoms with van der Waals surface area (Å²) < 4.78 is 3.36.